The number of hydrogen-bond acceptors (Lipinski definition) is 1. The van der Waals surface area contributed by atoms with Crippen molar-refractivity contribution in [1.82, 2.24) is 4.67 Å². The molecule has 0 aromatic rings. The molecule has 80 valence electrons. The van der Waals surface area contributed by atoms with Crippen LogP contribution in [0, 0.1) is 0 Å². The van der Waals surface area contributed by atoms with Gasteiger partial charge in [0.05, 0.1) is 0 Å². The van der Waals surface area contributed by atoms with Gasteiger partial charge in [0.25, 0.3) is 0 Å². The van der Waals surface area contributed by atoms with Gasteiger partial charge in [-0.2, -0.15) is 8.39 Å². The minimum absolute atomic E-state index is 0.120. The van der Waals surface area contributed by atoms with Gasteiger partial charge < -0.3 is 0 Å². The van der Waals surface area contributed by atoms with E-state index >= 15 is 0 Å². The van der Waals surface area contributed by atoms with E-state index in [1.807, 2.05) is 0 Å². The molecule has 0 rings (SSSR count). The topological polar surface area (TPSA) is 32.7 Å². The highest BCUT2D eigenvalue weighted by molar-refractivity contribution is 8.09. The maximum atomic E-state index is 13.1. The monoisotopic (exact) mass is 272 g/mol. The second-order valence-corrected chi connectivity index (χ2v) is 8.45. The Balaban J connectivity index is 4.93. The smallest absolute Gasteiger partial charge is 0.262 e. The van der Waals surface area contributed by atoms with E-state index in [1.165, 1.54) is 0 Å². The van der Waals surface area contributed by atoms with E-state index < -0.39 is 13.8 Å². The van der Waals surface area contributed by atoms with E-state index in [4.69, 9.17) is 22.5 Å². The third-order valence-corrected chi connectivity index (χ3v) is 5.44. The highest BCUT2D eigenvalue weighted by Gasteiger charge is 2.29. The first-order valence-corrected chi connectivity index (χ1v) is 8.45. The molecule has 0 N–H and O–H groups in total. The molecule has 0 aliphatic rings. The molecule has 0 heterocycles. The summed E-state index contributed by atoms with van der Waals surface area (Å²) in [5.74, 6) is -4.04. The quantitative estimate of drug-likeness (QED) is 0.689. The third-order valence-electron chi connectivity index (χ3n) is 1.28. The Morgan fingerprint density at radius 2 is 1.69 bits per heavy atom. The first-order chi connectivity index (χ1) is 5.73. The van der Waals surface area contributed by atoms with Gasteiger partial charge in [0, 0.05) is 13.1 Å². The maximum Gasteiger partial charge on any atom is 0.375 e. The van der Waals surface area contributed by atoms with Crippen molar-refractivity contribution in [2.45, 2.75) is 13.8 Å². The lowest BCUT2D eigenvalue weighted by Crippen LogP contribution is -2.15. The van der Waals surface area contributed by atoms with Crippen LogP contribution in [0.3, 0.4) is 0 Å². The standard InChI is InChI=1S/C4H10Cl2F2N2OP2/c1-3-10(4-2)13(7,8)9-12(5,6)11/h3-4H2,1-2H3. The van der Waals surface area contributed by atoms with Crippen molar-refractivity contribution >= 4 is 36.3 Å². The van der Waals surface area contributed by atoms with E-state index in [2.05, 4.69) is 4.52 Å². The Morgan fingerprint density at radius 3 is 1.92 bits per heavy atom. The summed E-state index contributed by atoms with van der Waals surface area (Å²) in [5, 5.41) is 0. The zero-order valence-electron chi connectivity index (χ0n) is 7.12. The average molecular weight is 273 g/mol. The van der Waals surface area contributed by atoms with Crippen LogP contribution in [0.4, 0.5) is 8.39 Å². The predicted molar refractivity (Wildman–Crippen MR) is 53.8 cm³/mol. The molecule has 0 amide bonds. The van der Waals surface area contributed by atoms with E-state index in [0.717, 1.165) is 4.67 Å². The molecule has 0 bridgehead atoms. The fraction of sp³-hybridized carbons (Fsp3) is 1.00. The Bertz CT molecular complexity index is 259. The predicted octanol–water partition coefficient (Wildman–Crippen LogP) is 4.80. The van der Waals surface area contributed by atoms with Crippen LogP contribution in [0.25, 0.3) is 0 Å². The molecule has 0 fully saturated rings. The summed E-state index contributed by atoms with van der Waals surface area (Å²) in [6, 6.07) is 0. The molecule has 0 aliphatic heterocycles. The van der Waals surface area contributed by atoms with Crippen molar-refractivity contribution < 1.29 is 13.0 Å². The lowest BCUT2D eigenvalue weighted by atomic mass is 10.7. The highest BCUT2D eigenvalue weighted by atomic mass is 35.9. The zero-order valence-corrected chi connectivity index (χ0v) is 10.4. The van der Waals surface area contributed by atoms with E-state index in [0.29, 0.717) is 0 Å². The Hall–Kier alpha value is 0.860. The van der Waals surface area contributed by atoms with Gasteiger partial charge in [-0.25, -0.2) is 4.67 Å². The lowest BCUT2D eigenvalue weighted by Gasteiger charge is -2.19. The van der Waals surface area contributed by atoms with Crippen molar-refractivity contribution in [2.24, 2.45) is 4.52 Å². The SMILES string of the molecule is CCN(CC)P(F)(F)=NP(=O)(Cl)Cl. The maximum absolute atomic E-state index is 13.1. The lowest BCUT2D eigenvalue weighted by molar-refractivity contribution is 0.438. The van der Waals surface area contributed by atoms with Crippen LogP contribution < -0.4 is 0 Å². The fourth-order valence-corrected chi connectivity index (χ4v) is 4.35. The van der Waals surface area contributed by atoms with Crippen LogP contribution >= 0.6 is 36.3 Å². The highest BCUT2D eigenvalue weighted by Crippen LogP contribution is 2.70. The molecule has 3 nitrogen and oxygen atoms in total. The number of hydrogen-bond donors (Lipinski definition) is 0. The van der Waals surface area contributed by atoms with Gasteiger partial charge in [0.2, 0.25) is 0 Å². The van der Waals surface area contributed by atoms with Gasteiger partial charge in [-0.1, -0.05) is 13.8 Å². The zero-order chi connectivity index (χ0) is 10.7. The Labute approximate surface area is 85.8 Å². The molecule has 0 atom stereocenters. The summed E-state index contributed by atoms with van der Waals surface area (Å²) >= 11 is 9.90. The van der Waals surface area contributed by atoms with Crippen LogP contribution in [0.5, 0.6) is 0 Å². The van der Waals surface area contributed by atoms with Gasteiger partial charge in [0.15, 0.2) is 0 Å². The van der Waals surface area contributed by atoms with Gasteiger partial charge in [0.1, 0.15) is 0 Å². The molecule has 0 spiro atoms. The second kappa shape index (κ2) is 5.09. The van der Waals surface area contributed by atoms with Crippen molar-refractivity contribution in [3.05, 3.63) is 0 Å². The summed E-state index contributed by atoms with van der Waals surface area (Å²) < 4.78 is 40.4. The molecule has 0 radical (unpaired) electrons. The Morgan fingerprint density at radius 1 is 1.31 bits per heavy atom. The fourth-order valence-electron chi connectivity index (χ4n) is 0.746. The van der Waals surface area contributed by atoms with Crippen LogP contribution in [0.15, 0.2) is 4.52 Å². The molecule has 0 saturated heterocycles. The van der Waals surface area contributed by atoms with E-state index in [1.54, 1.807) is 13.8 Å². The van der Waals surface area contributed by atoms with Gasteiger partial charge in [-0.05, 0) is 22.5 Å². The molecule has 0 saturated carbocycles. The summed E-state index contributed by atoms with van der Waals surface area (Å²) in [6.07, 6.45) is 0. The van der Waals surface area contributed by atoms with Crippen molar-refractivity contribution in [3.63, 3.8) is 0 Å². The van der Waals surface area contributed by atoms with Gasteiger partial charge >= 0.3 is 13.8 Å². The first kappa shape index (κ1) is 13.9. The first-order valence-electron chi connectivity index (χ1n) is 3.51. The normalized spacial score (nSPS) is 13.5. The van der Waals surface area contributed by atoms with Crippen LogP contribution in [-0.2, 0) is 4.57 Å². The summed E-state index contributed by atoms with van der Waals surface area (Å²) in [6.45, 7) is 3.35. The largest absolute Gasteiger partial charge is 0.375 e. The number of nitrogens with zero attached hydrogens (tertiary/aromatic N) is 2. The van der Waals surface area contributed by atoms with E-state index in [-0.39, 0.29) is 13.1 Å². The minimum atomic E-state index is -4.74. The molecular formula is C4H10Cl2F2N2OP2. The van der Waals surface area contributed by atoms with Gasteiger partial charge in [-0.15, -0.1) is 4.52 Å². The molecule has 0 aromatic heterocycles. The summed E-state index contributed by atoms with van der Waals surface area (Å²) in [5.41, 5.74) is 0. The van der Waals surface area contributed by atoms with Gasteiger partial charge in [-0.3, -0.25) is 4.57 Å². The minimum Gasteiger partial charge on any atom is -0.262 e. The molecule has 9 heteroatoms. The molecule has 0 aliphatic carbocycles. The summed E-state index contributed by atoms with van der Waals surface area (Å²) in [7, 11) is -4.74. The average Bonchev–Trinajstić information content (AvgIpc) is 1.83. The third kappa shape index (κ3) is 5.34. The van der Waals surface area contributed by atoms with Crippen molar-refractivity contribution in [2.75, 3.05) is 13.1 Å². The van der Waals surface area contributed by atoms with Crippen LogP contribution in [0.2, 0.25) is 0 Å². The van der Waals surface area contributed by atoms with E-state index in [9.17, 15) is 13.0 Å². The molecule has 0 unspecified atom stereocenters. The van der Waals surface area contributed by atoms with Crippen molar-refractivity contribution in [3.8, 4) is 0 Å². The summed E-state index contributed by atoms with van der Waals surface area (Å²) in [4.78, 5) is 0. The number of rotatable bonds is 4. The Kier molecular flexibility index (Phi) is 5.42. The second-order valence-electron chi connectivity index (χ2n) is 2.12. The van der Waals surface area contributed by atoms with Crippen molar-refractivity contribution in [1.29, 1.82) is 0 Å². The van der Waals surface area contributed by atoms with Crippen LogP contribution in [-0.4, -0.2) is 17.8 Å². The number of halogens is 4. The molecule has 13 heavy (non-hydrogen) atoms. The van der Waals surface area contributed by atoms with Crippen LogP contribution in [0.1, 0.15) is 13.8 Å². The molecular weight excluding hydrogens is 263 g/mol. The molecule has 0 aromatic carbocycles.